The average Bonchev–Trinajstić information content (AvgIpc) is 2.96. The maximum atomic E-state index is 14.1. The first-order chi connectivity index (χ1) is 21.3. The van der Waals surface area contributed by atoms with E-state index in [1.54, 1.807) is 54.6 Å². The maximum Gasteiger partial charge on any atom is 0.258 e. The third kappa shape index (κ3) is 7.70. The number of para-hydroxylation sites is 4. The zero-order valence-electron chi connectivity index (χ0n) is 23.6. The van der Waals surface area contributed by atoms with Crippen molar-refractivity contribution in [3.05, 3.63) is 129 Å². The number of carbonyl (C=O) groups excluding carboxylic acids is 2. The lowest BCUT2D eigenvalue weighted by Gasteiger charge is -2.17. The first-order valence-electron chi connectivity index (χ1n) is 13.7. The Balaban J connectivity index is 0.000000175. The molecule has 2 heterocycles. The number of hydrogen-bond donors (Lipinski definition) is 4. The summed E-state index contributed by atoms with van der Waals surface area (Å²) in [4.78, 5) is 24.4. The highest BCUT2D eigenvalue weighted by atomic mass is 35.5. The fourth-order valence-corrected chi connectivity index (χ4v) is 4.49. The topological polar surface area (TPSA) is 129 Å². The molecule has 44 heavy (non-hydrogen) atoms. The normalized spacial score (nSPS) is 13.4. The van der Waals surface area contributed by atoms with E-state index in [2.05, 4.69) is 10.6 Å². The molecule has 10 heteroatoms. The van der Waals surface area contributed by atoms with Gasteiger partial charge in [0.25, 0.3) is 11.8 Å². The van der Waals surface area contributed by atoms with Gasteiger partial charge in [-0.1, -0.05) is 54.1 Å². The molecule has 4 aromatic rings. The predicted octanol–water partition coefficient (Wildman–Crippen LogP) is 6.66. The summed E-state index contributed by atoms with van der Waals surface area (Å²) in [6.07, 6.45) is 3.85. The fourth-order valence-electron chi connectivity index (χ4n) is 4.26. The van der Waals surface area contributed by atoms with Crippen LogP contribution in [-0.4, -0.2) is 38.2 Å². The molecule has 0 spiro atoms. The van der Waals surface area contributed by atoms with E-state index in [1.165, 1.54) is 17.7 Å². The third-order valence-electron chi connectivity index (χ3n) is 6.80. The molecule has 8 nitrogen and oxygen atoms in total. The van der Waals surface area contributed by atoms with Gasteiger partial charge in [0.2, 0.25) is 0 Å². The van der Waals surface area contributed by atoms with Crippen LogP contribution < -0.4 is 22.1 Å². The molecular weight excluding hydrogens is 583 g/mol. The van der Waals surface area contributed by atoms with Gasteiger partial charge in [0.05, 0.1) is 54.7 Å². The van der Waals surface area contributed by atoms with E-state index in [-0.39, 0.29) is 11.5 Å². The number of nitrogens with one attached hydrogen (secondary N) is 2. The van der Waals surface area contributed by atoms with Crippen LogP contribution in [0.3, 0.4) is 0 Å². The summed E-state index contributed by atoms with van der Waals surface area (Å²) in [5.74, 6) is -1.34. The largest absolute Gasteiger partial charge is 0.397 e. The molecule has 2 aliphatic rings. The highest BCUT2D eigenvalue weighted by Crippen LogP contribution is 2.25. The lowest BCUT2D eigenvalue weighted by molar-refractivity contribution is 0.101. The highest BCUT2D eigenvalue weighted by molar-refractivity contribution is 6.32. The third-order valence-corrected chi connectivity index (χ3v) is 7.13. The van der Waals surface area contributed by atoms with Gasteiger partial charge in [-0.05, 0) is 76.9 Å². The van der Waals surface area contributed by atoms with Crippen molar-refractivity contribution >= 4 is 58.3 Å². The number of anilines is 4. The van der Waals surface area contributed by atoms with Gasteiger partial charge in [-0.3, -0.25) is 9.59 Å². The molecule has 0 aromatic heterocycles. The Kier molecular flexibility index (Phi) is 9.71. The molecule has 2 saturated heterocycles. The molecule has 2 amide bonds. The minimum atomic E-state index is -0.568. The Morgan fingerprint density at radius 3 is 1.82 bits per heavy atom. The van der Waals surface area contributed by atoms with Gasteiger partial charge in [-0.15, -0.1) is 0 Å². The lowest BCUT2D eigenvalue weighted by Crippen LogP contribution is -2.16. The molecule has 0 aliphatic carbocycles. The number of rotatable bonds is 6. The second-order valence-electron chi connectivity index (χ2n) is 10.1. The second kappa shape index (κ2) is 14.0. The zero-order valence-corrected chi connectivity index (χ0v) is 24.4. The monoisotopic (exact) mass is 612 g/mol. The van der Waals surface area contributed by atoms with E-state index < -0.39 is 11.7 Å². The molecule has 6 rings (SSSR count). The van der Waals surface area contributed by atoms with E-state index in [9.17, 15) is 14.0 Å². The second-order valence-corrected chi connectivity index (χ2v) is 10.6. The van der Waals surface area contributed by atoms with Crippen LogP contribution in [-0.2, 0) is 9.47 Å². The molecule has 0 atom stereocenters. The summed E-state index contributed by atoms with van der Waals surface area (Å²) in [5.41, 5.74) is 17.9. The number of carbonyl (C=O) groups is 2. The summed E-state index contributed by atoms with van der Waals surface area (Å²) in [5, 5.41) is 5.92. The molecule has 224 valence electrons. The first kappa shape index (κ1) is 30.5. The van der Waals surface area contributed by atoms with Gasteiger partial charge in [0.15, 0.2) is 0 Å². The van der Waals surface area contributed by atoms with Crippen LogP contribution in [0.5, 0.6) is 0 Å². The quantitative estimate of drug-likeness (QED) is 0.180. The van der Waals surface area contributed by atoms with E-state index in [1.807, 2.05) is 30.4 Å². The molecular formula is C34H30ClFN4O4. The number of nitrogens with two attached hydrogens (primary N) is 2. The lowest BCUT2D eigenvalue weighted by atomic mass is 10.1. The van der Waals surface area contributed by atoms with Gasteiger partial charge in [-0.2, -0.15) is 0 Å². The summed E-state index contributed by atoms with van der Waals surface area (Å²) in [6.45, 7) is 2.45. The molecule has 0 bridgehead atoms. The SMILES string of the molecule is Nc1ccccc1NC(=O)c1ccc(C=C2COC2)c(Cl)c1.Nc1ccccc1NC(=O)c1ccc(C=C2COC2)cc1F. The smallest absolute Gasteiger partial charge is 0.258 e. The summed E-state index contributed by atoms with van der Waals surface area (Å²) >= 11 is 6.24. The predicted molar refractivity (Wildman–Crippen MR) is 173 cm³/mol. The average molecular weight is 613 g/mol. The Bertz CT molecular complexity index is 1760. The number of benzene rings is 4. The summed E-state index contributed by atoms with van der Waals surface area (Å²) in [7, 11) is 0. The molecule has 2 aliphatic heterocycles. The molecule has 0 radical (unpaired) electrons. The van der Waals surface area contributed by atoms with Gasteiger partial charge in [0.1, 0.15) is 5.82 Å². The van der Waals surface area contributed by atoms with E-state index in [4.69, 9.17) is 32.5 Å². The van der Waals surface area contributed by atoms with Crippen LogP contribution in [0.4, 0.5) is 27.1 Å². The van der Waals surface area contributed by atoms with Crippen LogP contribution in [0.2, 0.25) is 5.02 Å². The molecule has 2 fully saturated rings. The number of halogens is 2. The maximum absolute atomic E-state index is 14.1. The molecule has 6 N–H and O–H groups in total. The van der Waals surface area contributed by atoms with Gasteiger partial charge in [-0.25, -0.2) is 4.39 Å². The minimum Gasteiger partial charge on any atom is -0.397 e. The van der Waals surface area contributed by atoms with Crippen molar-refractivity contribution < 1.29 is 23.5 Å². The van der Waals surface area contributed by atoms with Crippen molar-refractivity contribution in [2.45, 2.75) is 0 Å². The van der Waals surface area contributed by atoms with Gasteiger partial charge in [0, 0.05) is 10.6 Å². The van der Waals surface area contributed by atoms with Crippen molar-refractivity contribution in [1.29, 1.82) is 0 Å². The Labute approximate surface area is 259 Å². The summed E-state index contributed by atoms with van der Waals surface area (Å²) in [6, 6.07) is 23.7. The van der Waals surface area contributed by atoms with E-state index >= 15 is 0 Å². The number of nitrogen functional groups attached to an aromatic ring is 2. The van der Waals surface area contributed by atoms with E-state index in [0.717, 1.165) is 11.1 Å². The first-order valence-corrected chi connectivity index (χ1v) is 14.1. The van der Waals surface area contributed by atoms with E-state index in [0.29, 0.717) is 65.3 Å². The number of hydrogen-bond acceptors (Lipinski definition) is 6. The van der Waals surface area contributed by atoms with Crippen molar-refractivity contribution in [3.8, 4) is 0 Å². The zero-order chi connectivity index (χ0) is 31.1. The van der Waals surface area contributed by atoms with Crippen molar-refractivity contribution in [3.63, 3.8) is 0 Å². The van der Waals surface area contributed by atoms with Gasteiger partial charge < -0.3 is 31.6 Å². The van der Waals surface area contributed by atoms with Crippen molar-refractivity contribution in [1.82, 2.24) is 0 Å². The highest BCUT2D eigenvalue weighted by Gasteiger charge is 2.15. The van der Waals surface area contributed by atoms with Crippen molar-refractivity contribution in [2.75, 3.05) is 48.5 Å². The molecule has 0 saturated carbocycles. The Morgan fingerprint density at radius 1 is 0.727 bits per heavy atom. The number of amides is 2. The molecule has 0 unspecified atom stereocenters. The van der Waals surface area contributed by atoms with Crippen LogP contribution >= 0.6 is 11.6 Å². The van der Waals surface area contributed by atoms with Gasteiger partial charge >= 0.3 is 0 Å². The van der Waals surface area contributed by atoms with Crippen LogP contribution in [0.15, 0.2) is 96.1 Å². The van der Waals surface area contributed by atoms with Crippen LogP contribution in [0, 0.1) is 5.82 Å². The van der Waals surface area contributed by atoms with Crippen molar-refractivity contribution in [2.24, 2.45) is 0 Å². The summed E-state index contributed by atoms with van der Waals surface area (Å²) < 4.78 is 24.3. The fraction of sp³-hybridized carbons (Fsp3) is 0.118. The minimum absolute atomic E-state index is 0.0183. The number of ether oxygens (including phenoxy) is 2. The standard InChI is InChI=1S/C17H15ClN2O2.C17H15FN2O2/c18-14-8-13(6-5-12(14)7-11-9-22-10-11)17(21)20-16-4-2-1-3-15(16)19;18-14-8-11(7-12-9-22-10-12)5-6-13(14)17(21)20-16-4-2-1-3-15(16)19/h2*1-8H,9-10,19H2,(H,20,21). The Morgan fingerprint density at radius 2 is 1.30 bits per heavy atom. The Hall–Kier alpha value is -4.96. The van der Waals surface area contributed by atoms with Crippen LogP contribution in [0.25, 0.3) is 12.2 Å². The molecule has 4 aromatic carbocycles. The van der Waals surface area contributed by atoms with Crippen LogP contribution in [0.1, 0.15) is 31.8 Å².